The lowest BCUT2D eigenvalue weighted by molar-refractivity contribution is -0.122. The molecule has 1 atom stereocenters. The fourth-order valence-electron chi connectivity index (χ4n) is 1.91. The minimum absolute atomic E-state index is 0.325. The molecule has 23 heavy (non-hydrogen) atoms. The van der Waals surface area contributed by atoms with Gasteiger partial charge in [0, 0.05) is 16.3 Å². The second-order valence-electron chi connectivity index (χ2n) is 4.79. The molecule has 0 saturated heterocycles. The van der Waals surface area contributed by atoms with Crippen molar-refractivity contribution in [1.29, 1.82) is 0 Å². The van der Waals surface area contributed by atoms with Crippen LogP contribution in [-0.4, -0.2) is 25.4 Å². The van der Waals surface area contributed by atoms with Crippen molar-refractivity contribution in [2.24, 2.45) is 0 Å². The lowest BCUT2D eigenvalue weighted by Gasteiger charge is -2.17. The first kappa shape index (κ1) is 16.8. The van der Waals surface area contributed by atoms with Gasteiger partial charge in [-0.2, -0.15) is 0 Å². The second-order valence-corrected chi connectivity index (χ2v) is 5.22. The highest BCUT2D eigenvalue weighted by Gasteiger charge is 2.17. The standard InChI is InChI=1S/C17H16ClNO4/c1-11(17(21)19-14-5-3-4-13(18)9-14)23-15-7-6-12(10-20)8-16(15)22-2/h3-11H,1-2H3,(H,19,21)/t11-/m1/s1. The minimum atomic E-state index is -0.759. The number of carbonyl (C=O) groups is 2. The summed E-state index contributed by atoms with van der Waals surface area (Å²) in [5.41, 5.74) is 1.05. The maximum absolute atomic E-state index is 12.2. The fourth-order valence-corrected chi connectivity index (χ4v) is 2.10. The molecule has 2 aromatic carbocycles. The largest absolute Gasteiger partial charge is 0.493 e. The maximum atomic E-state index is 12.2. The van der Waals surface area contributed by atoms with E-state index in [0.29, 0.717) is 34.1 Å². The summed E-state index contributed by atoms with van der Waals surface area (Å²) in [5.74, 6) is 0.442. The van der Waals surface area contributed by atoms with Crippen LogP contribution in [0.5, 0.6) is 11.5 Å². The zero-order chi connectivity index (χ0) is 16.8. The molecule has 120 valence electrons. The van der Waals surface area contributed by atoms with Crippen LogP contribution in [0.15, 0.2) is 42.5 Å². The Balaban J connectivity index is 2.07. The number of methoxy groups -OCH3 is 1. The molecule has 0 saturated carbocycles. The molecule has 5 nitrogen and oxygen atoms in total. The molecule has 0 aliphatic rings. The van der Waals surface area contributed by atoms with Crippen LogP contribution in [0.25, 0.3) is 0 Å². The van der Waals surface area contributed by atoms with Crippen molar-refractivity contribution < 1.29 is 19.1 Å². The summed E-state index contributed by atoms with van der Waals surface area (Å²) in [5, 5.41) is 3.25. The minimum Gasteiger partial charge on any atom is -0.493 e. The van der Waals surface area contributed by atoms with E-state index in [0.717, 1.165) is 0 Å². The first-order valence-electron chi connectivity index (χ1n) is 6.90. The number of anilines is 1. The highest BCUT2D eigenvalue weighted by atomic mass is 35.5. The molecule has 2 aromatic rings. The van der Waals surface area contributed by atoms with E-state index in [1.54, 1.807) is 49.4 Å². The van der Waals surface area contributed by atoms with E-state index >= 15 is 0 Å². The number of aldehydes is 1. The molecule has 0 fully saturated rings. The van der Waals surface area contributed by atoms with Crippen LogP contribution in [0.3, 0.4) is 0 Å². The number of amides is 1. The Hall–Kier alpha value is -2.53. The first-order chi connectivity index (χ1) is 11.0. The zero-order valence-electron chi connectivity index (χ0n) is 12.7. The van der Waals surface area contributed by atoms with E-state index < -0.39 is 6.10 Å². The van der Waals surface area contributed by atoms with Gasteiger partial charge in [0.15, 0.2) is 17.6 Å². The summed E-state index contributed by atoms with van der Waals surface area (Å²) < 4.78 is 10.8. The van der Waals surface area contributed by atoms with Crippen LogP contribution in [-0.2, 0) is 4.79 Å². The van der Waals surface area contributed by atoms with E-state index in [9.17, 15) is 9.59 Å². The SMILES string of the molecule is COc1cc(C=O)ccc1O[C@H](C)C(=O)Nc1cccc(Cl)c1. The van der Waals surface area contributed by atoms with Gasteiger partial charge in [-0.15, -0.1) is 0 Å². The molecule has 0 unspecified atom stereocenters. The van der Waals surface area contributed by atoms with Crippen LogP contribution < -0.4 is 14.8 Å². The molecule has 1 N–H and O–H groups in total. The van der Waals surface area contributed by atoms with Crippen molar-refractivity contribution >= 4 is 29.5 Å². The van der Waals surface area contributed by atoms with Crippen molar-refractivity contribution in [2.75, 3.05) is 12.4 Å². The predicted molar refractivity (Wildman–Crippen MR) is 88.6 cm³/mol. The van der Waals surface area contributed by atoms with E-state index in [1.807, 2.05) is 0 Å². The van der Waals surface area contributed by atoms with Crippen LogP contribution in [0.1, 0.15) is 17.3 Å². The number of hydrogen-bond acceptors (Lipinski definition) is 4. The average Bonchev–Trinajstić information content (AvgIpc) is 2.55. The highest BCUT2D eigenvalue weighted by Crippen LogP contribution is 2.28. The molecule has 0 heterocycles. The third kappa shape index (κ3) is 4.47. The summed E-state index contributed by atoms with van der Waals surface area (Å²) in [6.07, 6.45) is -0.0494. The number of nitrogens with one attached hydrogen (secondary N) is 1. The van der Waals surface area contributed by atoms with Gasteiger partial charge in [0.05, 0.1) is 7.11 Å². The maximum Gasteiger partial charge on any atom is 0.265 e. The molecule has 0 aliphatic carbocycles. The monoisotopic (exact) mass is 333 g/mol. The van der Waals surface area contributed by atoms with Crippen LogP contribution in [0.2, 0.25) is 5.02 Å². The van der Waals surface area contributed by atoms with Gasteiger partial charge in [0.25, 0.3) is 5.91 Å². The van der Waals surface area contributed by atoms with Crippen molar-refractivity contribution in [1.82, 2.24) is 0 Å². The number of halogens is 1. The van der Waals surface area contributed by atoms with Crippen molar-refractivity contribution in [2.45, 2.75) is 13.0 Å². The van der Waals surface area contributed by atoms with Crippen LogP contribution in [0, 0.1) is 0 Å². The Labute approximate surface area is 139 Å². The lowest BCUT2D eigenvalue weighted by atomic mass is 10.2. The molecular weight excluding hydrogens is 318 g/mol. The molecule has 2 rings (SSSR count). The van der Waals surface area contributed by atoms with E-state index in [1.165, 1.54) is 7.11 Å². The third-order valence-corrected chi connectivity index (χ3v) is 3.32. The van der Waals surface area contributed by atoms with E-state index in [4.69, 9.17) is 21.1 Å². The summed E-state index contributed by atoms with van der Waals surface area (Å²) in [4.78, 5) is 23.0. The molecule has 0 spiro atoms. The second kappa shape index (κ2) is 7.65. The van der Waals surface area contributed by atoms with Crippen molar-refractivity contribution in [3.8, 4) is 11.5 Å². The highest BCUT2D eigenvalue weighted by molar-refractivity contribution is 6.30. The molecule has 1 amide bonds. The number of hydrogen-bond donors (Lipinski definition) is 1. The molecular formula is C17H16ClNO4. The number of ether oxygens (including phenoxy) is 2. The van der Waals surface area contributed by atoms with Gasteiger partial charge in [-0.05, 0) is 43.3 Å². The summed E-state index contributed by atoms with van der Waals surface area (Å²) in [6.45, 7) is 1.62. The molecule has 6 heteroatoms. The molecule has 0 bridgehead atoms. The smallest absolute Gasteiger partial charge is 0.265 e. The zero-order valence-corrected chi connectivity index (χ0v) is 13.5. The van der Waals surface area contributed by atoms with Gasteiger partial charge in [-0.1, -0.05) is 17.7 Å². The Morgan fingerprint density at radius 1 is 1.22 bits per heavy atom. The predicted octanol–water partition coefficient (Wildman–Crippen LogP) is 3.57. The fraction of sp³-hybridized carbons (Fsp3) is 0.176. The third-order valence-electron chi connectivity index (χ3n) is 3.09. The van der Waals surface area contributed by atoms with Gasteiger partial charge in [0.2, 0.25) is 0 Å². The topological polar surface area (TPSA) is 64.6 Å². The lowest BCUT2D eigenvalue weighted by Crippen LogP contribution is -2.30. The normalized spacial score (nSPS) is 11.4. The van der Waals surface area contributed by atoms with Crippen LogP contribution in [0.4, 0.5) is 5.69 Å². The van der Waals surface area contributed by atoms with Gasteiger partial charge >= 0.3 is 0 Å². The average molecular weight is 334 g/mol. The summed E-state index contributed by atoms with van der Waals surface area (Å²) in [6, 6.07) is 11.6. The summed E-state index contributed by atoms with van der Waals surface area (Å²) in [7, 11) is 1.47. The quantitative estimate of drug-likeness (QED) is 0.821. The Bertz CT molecular complexity index is 717. The molecule has 0 aromatic heterocycles. The van der Waals surface area contributed by atoms with E-state index in [-0.39, 0.29) is 5.91 Å². The Morgan fingerprint density at radius 3 is 2.65 bits per heavy atom. The molecule has 0 aliphatic heterocycles. The van der Waals surface area contributed by atoms with Gasteiger partial charge in [0.1, 0.15) is 6.29 Å². The van der Waals surface area contributed by atoms with Gasteiger partial charge in [-0.3, -0.25) is 9.59 Å². The Kier molecular flexibility index (Phi) is 5.60. The van der Waals surface area contributed by atoms with Crippen molar-refractivity contribution in [3.05, 3.63) is 53.1 Å². The van der Waals surface area contributed by atoms with E-state index in [2.05, 4.69) is 5.32 Å². The molecule has 0 radical (unpaired) electrons. The van der Waals surface area contributed by atoms with Gasteiger partial charge < -0.3 is 14.8 Å². The summed E-state index contributed by atoms with van der Waals surface area (Å²) >= 11 is 5.88. The number of benzene rings is 2. The van der Waals surface area contributed by atoms with Gasteiger partial charge in [-0.25, -0.2) is 0 Å². The van der Waals surface area contributed by atoms with Crippen LogP contribution >= 0.6 is 11.6 Å². The number of rotatable bonds is 6. The Morgan fingerprint density at radius 2 is 2.00 bits per heavy atom. The number of carbonyl (C=O) groups excluding carboxylic acids is 2. The first-order valence-corrected chi connectivity index (χ1v) is 7.27. The van der Waals surface area contributed by atoms with Crippen molar-refractivity contribution in [3.63, 3.8) is 0 Å².